The maximum Gasteiger partial charge on any atom is 0.573 e. The van der Waals surface area contributed by atoms with E-state index in [1.165, 1.54) is 12.4 Å². The molecule has 6 nitrogen and oxygen atoms in total. The summed E-state index contributed by atoms with van der Waals surface area (Å²) < 4.78 is 45.7. The lowest BCUT2D eigenvalue weighted by molar-refractivity contribution is -0.274. The minimum absolute atomic E-state index is 0.0167. The highest BCUT2D eigenvalue weighted by Gasteiger charge is 2.31. The van der Waals surface area contributed by atoms with E-state index in [0.717, 1.165) is 12.1 Å². The quantitative estimate of drug-likeness (QED) is 0.799. The molecule has 0 aliphatic heterocycles. The minimum atomic E-state index is -4.80. The maximum absolute atomic E-state index is 12.3. The van der Waals surface area contributed by atoms with E-state index in [1.807, 2.05) is 6.92 Å². The SMILES string of the molecule is COC[C@@H](C)Nc1ncnc(-c2ccc(OC(F)(F)F)cc2Cl)c1N. The van der Waals surface area contributed by atoms with Gasteiger partial charge in [-0.3, -0.25) is 0 Å². The van der Waals surface area contributed by atoms with Gasteiger partial charge in [0.2, 0.25) is 0 Å². The lowest BCUT2D eigenvalue weighted by Crippen LogP contribution is -2.22. The van der Waals surface area contributed by atoms with Crippen molar-refractivity contribution in [3.8, 4) is 17.0 Å². The molecule has 1 atom stereocenters. The van der Waals surface area contributed by atoms with Gasteiger partial charge in [-0.2, -0.15) is 0 Å². The van der Waals surface area contributed by atoms with Gasteiger partial charge in [0.1, 0.15) is 23.5 Å². The number of nitrogens with one attached hydrogen (secondary N) is 1. The van der Waals surface area contributed by atoms with Crippen molar-refractivity contribution in [1.29, 1.82) is 0 Å². The van der Waals surface area contributed by atoms with Gasteiger partial charge < -0.3 is 20.5 Å². The van der Waals surface area contributed by atoms with Crippen LogP contribution >= 0.6 is 11.6 Å². The van der Waals surface area contributed by atoms with E-state index in [9.17, 15) is 13.2 Å². The molecule has 0 bridgehead atoms. The number of methoxy groups -OCH3 is 1. The van der Waals surface area contributed by atoms with Crippen LogP contribution in [0.15, 0.2) is 24.5 Å². The number of anilines is 2. The van der Waals surface area contributed by atoms with Crippen molar-refractivity contribution in [2.24, 2.45) is 0 Å². The fourth-order valence-corrected chi connectivity index (χ4v) is 2.40. The average Bonchev–Trinajstić information content (AvgIpc) is 2.49. The molecular formula is C15H16ClF3N4O2. The number of ether oxygens (including phenoxy) is 2. The Labute approximate surface area is 147 Å². The van der Waals surface area contributed by atoms with Crippen LogP contribution in [0.5, 0.6) is 5.75 Å². The van der Waals surface area contributed by atoms with Gasteiger partial charge in [-0.1, -0.05) is 11.6 Å². The predicted octanol–water partition coefficient (Wildman–Crippen LogP) is 3.72. The topological polar surface area (TPSA) is 82.3 Å². The molecule has 1 aromatic carbocycles. The molecule has 1 heterocycles. The van der Waals surface area contributed by atoms with Crippen molar-refractivity contribution in [2.75, 3.05) is 24.8 Å². The summed E-state index contributed by atoms with van der Waals surface area (Å²) in [7, 11) is 1.57. The number of hydrogen-bond donors (Lipinski definition) is 2. The molecule has 136 valence electrons. The van der Waals surface area contributed by atoms with Crippen LogP contribution in [0.25, 0.3) is 11.3 Å². The Morgan fingerprint density at radius 2 is 2.04 bits per heavy atom. The number of hydrogen-bond acceptors (Lipinski definition) is 6. The molecule has 10 heteroatoms. The summed E-state index contributed by atoms with van der Waals surface area (Å²) in [6.45, 7) is 2.31. The molecule has 0 aliphatic carbocycles. The zero-order chi connectivity index (χ0) is 18.6. The molecule has 0 aliphatic rings. The Kier molecular flexibility index (Phi) is 5.91. The first-order chi connectivity index (χ1) is 11.7. The molecule has 2 aromatic rings. The second kappa shape index (κ2) is 7.75. The van der Waals surface area contributed by atoms with Gasteiger partial charge >= 0.3 is 6.36 Å². The van der Waals surface area contributed by atoms with E-state index in [-0.39, 0.29) is 16.8 Å². The summed E-state index contributed by atoms with van der Waals surface area (Å²) in [4.78, 5) is 8.14. The predicted molar refractivity (Wildman–Crippen MR) is 88.5 cm³/mol. The normalized spacial score (nSPS) is 12.7. The molecule has 0 spiro atoms. The Balaban J connectivity index is 2.32. The third-order valence-corrected chi connectivity index (χ3v) is 3.43. The van der Waals surface area contributed by atoms with Crippen LogP contribution < -0.4 is 15.8 Å². The van der Waals surface area contributed by atoms with Crippen LogP contribution in [0.1, 0.15) is 6.92 Å². The van der Waals surface area contributed by atoms with Gasteiger partial charge in [-0.15, -0.1) is 13.2 Å². The summed E-state index contributed by atoms with van der Waals surface area (Å²) in [5, 5.41) is 3.08. The van der Waals surface area contributed by atoms with E-state index in [4.69, 9.17) is 22.1 Å². The van der Waals surface area contributed by atoms with Crippen molar-refractivity contribution in [3.63, 3.8) is 0 Å². The highest BCUT2D eigenvalue weighted by atomic mass is 35.5. The van der Waals surface area contributed by atoms with Crippen molar-refractivity contribution in [3.05, 3.63) is 29.5 Å². The fraction of sp³-hybridized carbons (Fsp3) is 0.333. The number of alkyl halides is 3. The third kappa shape index (κ3) is 5.10. The molecule has 1 aromatic heterocycles. The van der Waals surface area contributed by atoms with Gasteiger partial charge in [-0.05, 0) is 25.1 Å². The average molecular weight is 377 g/mol. The second-order valence-corrected chi connectivity index (χ2v) is 5.58. The number of nitrogens with zero attached hydrogens (tertiary/aromatic N) is 2. The van der Waals surface area contributed by atoms with Crippen molar-refractivity contribution in [2.45, 2.75) is 19.3 Å². The minimum Gasteiger partial charge on any atom is -0.406 e. The molecule has 3 N–H and O–H groups in total. The monoisotopic (exact) mass is 376 g/mol. The van der Waals surface area contributed by atoms with E-state index in [1.54, 1.807) is 7.11 Å². The third-order valence-electron chi connectivity index (χ3n) is 3.11. The smallest absolute Gasteiger partial charge is 0.406 e. The molecule has 0 saturated carbocycles. The molecule has 2 rings (SSSR count). The molecule has 0 amide bonds. The first-order valence-electron chi connectivity index (χ1n) is 7.13. The maximum atomic E-state index is 12.3. The molecule has 0 saturated heterocycles. The van der Waals surface area contributed by atoms with Gasteiger partial charge in [0.05, 0.1) is 11.6 Å². The number of aromatic nitrogens is 2. The largest absolute Gasteiger partial charge is 0.573 e. The number of nitrogen functional groups attached to an aromatic ring is 1. The summed E-state index contributed by atoms with van der Waals surface area (Å²) in [5.74, 6) is -0.0535. The standard InChI is InChI=1S/C15H16ClF3N4O2/c1-8(6-24-2)23-14-12(20)13(21-7-22-14)10-4-3-9(5-11(10)16)25-15(17,18)19/h3-5,7-8H,6,20H2,1-2H3,(H,21,22,23)/t8-/m1/s1. The summed E-state index contributed by atoms with van der Waals surface area (Å²) in [6, 6.07) is 3.47. The molecule has 0 fully saturated rings. The molecular weight excluding hydrogens is 361 g/mol. The van der Waals surface area contributed by atoms with E-state index >= 15 is 0 Å². The molecule has 0 unspecified atom stereocenters. The van der Waals surface area contributed by atoms with Gasteiger partial charge in [-0.25, -0.2) is 9.97 Å². The number of halogens is 4. The molecule has 25 heavy (non-hydrogen) atoms. The Hall–Kier alpha value is -2.26. The lowest BCUT2D eigenvalue weighted by atomic mass is 10.1. The number of nitrogens with two attached hydrogens (primary N) is 1. The highest BCUT2D eigenvalue weighted by Crippen LogP contribution is 2.36. The van der Waals surface area contributed by atoms with Crippen molar-refractivity contribution in [1.82, 2.24) is 9.97 Å². The van der Waals surface area contributed by atoms with Crippen molar-refractivity contribution < 1.29 is 22.6 Å². The van der Waals surface area contributed by atoms with Crippen LogP contribution in [0, 0.1) is 0 Å². The van der Waals surface area contributed by atoms with Gasteiger partial charge in [0.25, 0.3) is 0 Å². The fourth-order valence-electron chi connectivity index (χ4n) is 2.14. The molecule has 0 radical (unpaired) electrons. The van der Waals surface area contributed by atoms with E-state index < -0.39 is 12.1 Å². The van der Waals surface area contributed by atoms with E-state index in [2.05, 4.69) is 20.0 Å². The van der Waals surface area contributed by atoms with Crippen LogP contribution in [0.4, 0.5) is 24.7 Å². The Morgan fingerprint density at radius 1 is 1.32 bits per heavy atom. The highest BCUT2D eigenvalue weighted by molar-refractivity contribution is 6.33. The first kappa shape index (κ1) is 19.1. The summed E-state index contributed by atoms with van der Waals surface area (Å²) in [6.07, 6.45) is -3.52. The zero-order valence-corrected chi connectivity index (χ0v) is 14.1. The zero-order valence-electron chi connectivity index (χ0n) is 13.4. The van der Waals surface area contributed by atoms with E-state index in [0.29, 0.717) is 23.7 Å². The Bertz CT molecular complexity index is 743. The van der Waals surface area contributed by atoms with Crippen LogP contribution in [-0.4, -0.2) is 36.1 Å². The summed E-state index contributed by atoms with van der Waals surface area (Å²) >= 11 is 6.07. The number of rotatable bonds is 6. The lowest BCUT2D eigenvalue weighted by Gasteiger charge is -2.17. The van der Waals surface area contributed by atoms with Crippen LogP contribution in [-0.2, 0) is 4.74 Å². The van der Waals surface area contributed by atoms with Crippen molar-refractivity contribution >= 4 is 23.1 Å². The first-order valence-corrected chi connectivity index (χ1v) is 7.50. The van der Waals surface area contributed by atoms with Gasteiger partial charge in [0.15, 0.2) is 5.82 Å². The number of benzene rings is 1. The Morgan fingerprint density at radius 3 is 2.64 bits per heavy atom. The van der Waals surface area contributed by atoms with Crippen LogP contribution in [0.2, 0.25) is 5.02 Å². The summed E-state index contributed by atoms with van der Waals surface area (Å²) in [5.41, 5.74) is 6.95. The second-order valence-electron chi connectivity index (χ2n) is 5.17. The van der Waals surface area contributed by atoms with Gasteiger partial charge in [0, 0.05) is 18.7 Å². The van der Waals surface area contributed by atoms with Crippen LogP contribution in [0.3, 0.4) is 0 Å².